The number of phenolic OH excluding ortho intramolecular Hbond substituents is 2. The molecule has 184 valence electrons. The highest BCUT2D eigenvalue weighted by Gasteiger charge is 2.30. The Labute approximate surface area is 205 Å². The zero-order valence-corrected chi connectivity index (χ0v) is 20.9. The standard InChI is InChI=1S/C27H29NO6S/c1-17(28(3)35(4,31)32)16-33-23-11-8-19(9-12-23)27-26(20-6-5-7-21(29)14-20)18(2)24-15-22(30)10-13-25(24)34-27/h5-15,17,27,29-30H,16H2,1-4H3/t17-,27?/m0/s1. The molecule has 0 bridgehead atoms. The molecule has 3 aromatic rings. The van der Waals surface area contributed by atoms with E-state index in [0.29, 0.717) is 11.5 Å². The van der Waals surface area contributed by atoms with Crippen molar-refractivity contribution in [2.75, 3.05) is 19.9 Å². The third-order valence-electron chi connectivity index (χ3n) is 6.25. The number of fused-ring (bicyclic) bond motifs is 1. The fourth-order valence-corrected chi connectivity index (χ4v) is 4.82. The Morgan fingerprint density at radius 1 is 1.03 bits per heavy atom. The van der Waals surface area contributed by atoms with Crippen LogP contribution in [0.15, 0.2) is 66.7 Å². The maximum absolute atomic E-state index is 11.7. The Bertz CT molecular complexity index is 1360. The van der Waals surface area contributed by atoms with Crippen LogP contribution in [-0.4, -0.2) is 48.9 Å². The van der Waals surface area contributed by atoms with Crippen LogP contribution < -0.4 is 9.47 Å². The molecule has 0 spiro atoms. The molecule has 8 heteroatoms. The molecule has 1 aliphatic rings. The summed E-state index contributed by atoms with van der Waals surface area (Å²) < 4.78 is 37.0. The van der Waals surface area contributed by atoms with Gasteiger partial charge in [-0.25, -0.2) is 8.42 Å². The van der Waals surface area contributed by atoms with E-state index >= 15 is 0 Å². The number of likely N-dealkylation sites (N-methyl/N-ethyl adjacent to an activating group) is 1. The zero-order chi connectivity index (χ0) is 25.3. The lowest BCUT2D eigenvalue weighted by atomic mass is 9.86. The predicted octanol–water partition coefficient (Wildman–Crippen LogP) is 4.82. The molecule has 2 N–H and O–H groups in total. The van der Waals surface area contributed by atoms with Crippen LogP contribution in [0.25, 0.3) is 11.1 Å². The van der Waals surface area contributed by atoms with Crippen LogP contribution in [0, 0.1) is 0 Å². The number of allylic oxidation sites excluding steroid dienone is 1. The van der Waals surface area contributed by atoms with Crippen LogP contribution in [-0.2, 0) is 10.0 Å². The molecule has 35 heavy (non-hydrogen) atoms. The Morgan fingerprint density at radius 3 is 2.37 bits per heavy atom. The van der Waals surface area contributed by atoms with Crippen molar-refractivity contribution >= 4 is 21.2 Å². The van der Waals surface area contributed by atoms with Gasteiger partial charge in [0, 0.05) is 18.2 Å². The van der Waals surface area contributed by atoms with E-state index in [4.69, 9.17) is 9.47 Å². The van der Waals surface area contributed by atoms with E-state index in [0.717, 1.165) is 27.8 Å². The van der Waals surface area contributed by atoms with Crippen molar-refractivity contribution in [3.8, 4) is 23.0 Å². The van der Waals surface area contributed by atoms with Crippen LogP contribution in [0.1, 0.15) is 36.6 Å². The first-order valence-corrected chi connectivity index (χ1v) is 13.1. The molecule has 0 aromatic heterocycles. The van der Waals surface area contributed by atoms with Crippen LogP contribution >= 0.6 is 0 Å². The Hall–Kier alpha value is -3.49. The van der Waals surface area contributed by atoms with Crippen molar-refractivity contribution in [1.82, 2.24) is 4.31 Å². The number of ether oxygens (including phenoxy) is 2. The summed E-state index contributed by atoms with van der Waals surface area (Å²) in [7, 11) is -1.77. The molecule has 0 aliphatic carbocycles. The number of aromatic hydroxyl groups is 2. The molecule has 7 nitrogen and oxygen atoms in total. The number of benzene rings is 3. The minimum Gasteiger partial charge on any atom is -0.508 e. The monoisotopic (exact) mass is 495 g/mol. The lowest BCUT2D eigenvalue weighted by Gasteiger charge is -2.31. The lowest BCUT2D eigenvalue weighted by Crippen LogP contribution is -2.38. The minimum absolute atomic E-state index is 0.151. The Morgan fingerprint density at radius 2 is 1.71 bits per heavy atom. The van der Waals surface area contributed by atoms with E-state index in [1.165, 1.54) is 17.6 Å². The molecule has 4 rings (SSSR count). The fraction of sp³-hybridized carbons (Fsp3) is 0.259. The number of sulfonamides is 1. The van der Waals surface area contributed by atoms with Gasteiger partial charge in [0.05, 0.1) is 12.3 Å². The molecule has 0 fully saturated rings. The number of hydrogen-bond donors (Lipinski definition) is 2. The zero-order valence-electron chi connectivity index (χ0n) is 20.1. The molecule has 0 radical (unpaired) electrons. The third-order valence-corrected chi connectivity index (χ3v) is 7.66. The van der Waals surface area contributed by atoms with Gasteiger partial charge in [-0.3, -0.25) is 0 Å². The average molecular weight is 496 g/mol. The van der Waals surface area contributed by atoms with Crippen molar-refractivity contribution < 1.29 is 28.1 Å². The maximum Gasteiger partial charge on any atom is 0.211 e. The van der Waals surface area contributed by atoms with Gasteiger partial charge in [0.1, 0.15) is 35.7 Å². The summed E-state index contributed by atoms with van der Waals surface area (Å²) in [4.78, 5) is 0. The van der Waals surface area contributed by atoms with Gasteiger partial charge in [0.25, 0.3) is 0 Å². The van der Waals surface area contributed by atoms with Crippen LogP contribution in [0.5, 0.6) is 23.0 Å². The van der Waals surface area contributed by atoms with E-state index in [1.807, 2.05) is 37.3 Å². The number of hydrogen-bond acceptors (Lipinski definition) is 6. The summed E-state index contributed by atoms with van der Waals surface area (Å²) in [6.07, 6.45) is 0.722. The molecule has 1 unspecified atom stereocenters. The lowest BCUT2D eigenvalue weighted by molar-refractivity contribution is 0.233. The first-order valence-electron chi connectivity index (χ1n) is 11.2. The SMILES string of the molecule is CC1=C(c2cccc(O)c2)C(c2ccc(OC[C@H](C)N(C)S(C)(=O)=O)cc2)Oc2ccc(O)cc21. The average Bonchev–Trinajstić information content (AvgIpc) is 2.82. The van der Waals surface area contributed by atoms with Gasteiger partial charge in [0.2, 0.25) is 10.0 Å². The van der Waals surface area contributed by atoms with Gasteiger partial charge in [-0.05, 0) is 73.0 Å². The van der Waals surface area contributed by atoms with Gasteiger partial charge in [0.15, 0.2) is 0 Å². The molecular weight excluding hydrogens is 466 g/mol. The van der Waals surface area contributed by atoms with E-state index in [-0.39, 0.29) is 24.1 Å². The van der Waals surface area contributed by atoms with Crippen LogP contribution in [0.2, 0.25) is 0 Å². The van der Waals surface area contributed by atoms with Gasteiger partial charge in [-0.15, -0.1) is 0 Å². The van der Waals surface area contributed by atoms with Crippen molar-refractivity contribution in [2.45, 2.75) is 26.0 Å². The molecule has 2 atom stereocenters. The van der Waals surface area contributed by atoms with Crippen molar-refractivity contribution in [1.29, 1.82) is 0 Å². The summed E-state index contributed by atoms with van der Waals surface area (Å²) in [6, 6.07) is 19.2. The smallest absolute Gasteiger partial charge is 0.211 e. The second-order valence-corrected chi connectivity index (χ2v) is 10.8. The van der Waals surface area contributed by atoms with E-state index in [9.17, 15) is 18.6 Å². The highest BCUT2D eigenvalue weighted by molar-refractivity contribution is 7.88. The van der Waals surface area contributed by atoms with Crippen molar-refractivity contribution in [3.63, 3.8) is 0 Å². The van der Waals surface area contributed by atoms with Crippen LogP contribution in [0.4, 0.5) is 0 Å². The van der Waals surface area contributed by atoms with Gasteiger partial charge >= 0.3 is 0 Å². The quantitative estimate of drug-likeness (QED) is 0.488. The largest absolute Gasteiger partial charge is 0.508 e. The summed E-state index contributed by atoms with van der Waals surface area (Å²) >= 11 is 0. The van der Waals surface area contributed by atoms with Crippen molar-refractivity contribution in [3.05, 3.63) is 83.4 Å². The molecule has 0 saturated carbocycles. The number of phenols is 2. The first-order chi connectivity index (χ1) is 16.5. The van der Waals surface area contributed by atoms with E-state index in [1.54, 1.807) is 43.3 Å². The second kappa shape index (κ2) is 9.64. The van der Waals surface area contributed by atoms with Gasteiger partial charge < -0.3 is 19.7 Å². The Kier molecular flexibility index (Phi) is 6.78. The van der Waals surface area contributed by atoms with E-state index < -0.39 is 16.1 Å². The molecule has 1 heterocycles. The molecule has 1 aliphatic heterocycles. The predicted molar refractivity (Wildman–Crippen MR) is 136 cm³/mol. The molecule has 0 amide bonds. The highest BCUT2D eigenvalue weighted by Crippen LogP contribution is 2.47. The topological polar surface area (TPSA) is 96.3 Å². The number of rotatable bonds is 7. The van der Waals surface area contributed by atoms with E-state index in [2.05, 4.69) is 0 Å². The second-order valence-electron chi connectivity index (χ2n) is 8.78. The maximum atomic E-state index is 11.7. The summed E-state index contributed by atoms with van der Waals surface area (Å²) in [6.45, 7) is 3.98. The van der Waals surface area contributed by atoms with Gasteiger partial charge in [-0.1, -0.05) is 24.3 Å². The van der Waals surface area contributed by atoms with Crippen molar-refractivity contribution in [2.24, 2.45) is 0 Å². The summed E-state index contributed by atoms with van der Waals surface area (Å²) in [5.74, 6) is 1.58. The molecule has 3 aromatic carbocycles. The Balaban J connectivity index is 1.64. The minimum atomic E-state index is -3.30. The molecule has 0 saturated heterocycles. The van der Waals surface area contributed by atoms with Gasteiger partial charge in [-0.2, -0.15) is 4.31 Å². The molecular formula is C27H29NO6S. The normalized spacial score (nSPS) is 16.5. The van der Waals surface area contributed by atoms with Crippen LogP contribution in [0.3, 0.4) is 0 Å². The first kappa shape index (κ1) is 24.6. The highest BCUT2D eigenvalue weighted by atomic mass is 32.2. The fourth-order valence-electron chi connectivity index (χ4n) is 4.10. The summed E-state index contributed by atoms with van der Waals surface area (Å²) in [5.41, 5.74) is 4.32. The third kappa shape index (κ3) is 5.28. The number of nitrogens with zero attached hydrogens (tertiary/aromatic N) is 1. The summed E-state index contributed by atoms with van der Waals surface area (Å²) in [5, 5.41) is 20.1.